The molecule has 0 saturated carbocycles. The van der Waals surface area contributed by atoms with Crippen LogP contribution >= 0.6 is 0 Å². The maximum Gasteiger partial charge on any atom is 0.156 e. The van der Waals surface area contributed by atoms with Gasteiger partial charge in [-0.3, -0.25) is 0 Å². The summed E-state index contributed by atoms with van der Waals surface area (Å²) in [5.41, 5.74) is 3.17. The molecule has 0 aliphatic rings. The molecule has 3 aromatic rings. The van der Waals surface area contributed by atoms with E-state index >= 15 is 0 Å². The maximum atomic E-state index is 6.20. The van der Waals surface area contributed by atoms with Crippen LogP contribution in [0.25, 0.3) is 11.0 Å². The molecule has 0 aliphatic heterocycles. The van der Waals surface area contributed by atoms with Gasteiger partial charge in [-0.2, -0.15) is 0 Å². The molecule has 1 heterocycles. The highest BCUT2D eigenvalue weighted by molar-refractivity contribution is 5.76. The molecule has 3 heteroatoms. The third kappa shape index (κ3) is 3.07. The van der Waals surface area contributed by atoms with Crippen molar-refractivity contribution in [2.24, 2.45) is 0 Å². The van der Waals surface area contributed by atoms with Crippen molar-refractivity contribution in [2.45, 2.75) is 32.9 Å². The lowest BCUT2D eigenvalue weighted by atomic mass is 10.2. The van der Waals surface area contributed by atoms with Crippen LogP contribution in [0.15, 0.2) is 48.5 Å². The van der Waals surface area contributed by atoms with E-state index in [1.54, 1.807) is 0 Å². The quantitative estimate of drug-likeness (QED) is 0.649. The molecule has 0 amide bonds. The third-order valence-electron chi connectivity index (χ3n) is 3.86. The Hall–Kier alpha value is -2.73. The van der Waals surface area contributed by atoms with Crippen LogP contribution in [0.3, 0.4) is 0 Å². The summed E-state index contributed by atoms with van der Waals surface area (Å²) >= 11 is 0. The number of hydrogen-bond acceptors (Lipinski definition) is 2. The van der Waals surface area contributed by atoms with Crippen LogP contribution in [-0.4, -0.2) is 9.55 Å². The predicted molar refractivity (Wildman–Crippen MR) is 93.4 cm³/mol. The molecular weight excluding hydrogens is 284 g/mol. The highest BCUT2D eigenvalue weighted by atomic mass is 16.5. The first-order chi connectivity index (χ1) is 11.2. The number of ether oxygens (including phenoxy) is 1. The van der Waals surface area contributed by atoms with Gasteiger partial charge in [-0.05, 0) is 43.2 Å². The largest absolute Gasteiger partial charge is 0.483 e. The van der Waals surface area contributed by atoms with Gasteiger partial charge in [-0.25, -0.2) is 4.98 Å². The number of aryl methyl sites for hydroxylation is 1. The second-order valence-corrected chi connectivity index (χ2v) is 5.58. The van der Waals surface area contributed by atoms with E-state index in [2.05, 4.69) is 30.4 Å². The third-order valence-corrected chi connectivity index (χ3v) is 3.86. The summed E-state index contributed by atoms with van der Waals surface area (Å²) in [5.74, 6) is 4.46. The van der Waals surface area contributed by atoms with Gasteiger partial charge >= 0.3 is 0 Å². The van der Waals surface area contributed by atoms with Crippen molar-refractivity contribution in [3.8, 4) is 18.1 Å². The van der Waals surface area contributed by atoms with E-state index in [-0.39, 0.29) is 6.10 Å². The average molecular weight is 304 g/mol. The predicted octanol–water partition coefficient (Wildman–Crippen LogP) is 4.51. The number of terminal acetylenes is 1. The van der Waals surface area contributed by atoms with Crippen LogP contribution in [0.1, 0.15) is 30.8 Å². The maximum absolute atomic E-state index is 6.20. The summed E-state index contributed by atoms with van der Waals surface area (Å²) in [7, 11) is 0. The number of hydrogen-bond donors (Lipinski definition) is 0. The Kier molecular flexibility index (Phi) is 4.34. The van der Waals surface area contributed by atoms with Gasteiger partial charge in [-0.15, -0.1) is 6.42 Å². The zero-order chi connectivity index (χ0) is 16.2. The van der Waals surface area contributed by atoms with Crippen molar-refractivity contribution in [3.05, 3.63) is 59.9 Å². The number of rotatable bonds is 5. The first-order valence-electron chi connectivity index (χ1n) is 7.85. The van der Waals surface area contributed by atoms with Crippen molar-refractivity contribution in [2.75, 3.05) is 0 Å². The first kappa shape index (κ1) is 15.2. The van der Waals surface area contributed by atoms with E-state index in [0.29, 0.717) is 6.54 Å². The lowest BCUT2D eigenvalue weighted by molar-refractivity contribution is 0.187. The minimum atomic E-state index is -0.127. The monoisotopic (exact) mass is 304 g/mol. The molecule has 0 N–H and O–H groups in total. The van der Waals surface area contributed by atoms with Gasteiger partial charge < -0.3 is 9.30 Å². The molecule has 2 aromatic carbocycles. The number of para-hydroxylation sites is 2. The fraction of sp³-hybridized carbons (Fsp3) is 0.250. The molecular formula is C20H20N2O. The van der Waals surface area contributed by atoms with Crippen LogP contribution in [-0.2, 0) is 6.54 Å². The molecule has 3 rings (SSSR count). The molecule has 3 nitrogen and oxygen atoms in total. The minimum absolute atomic E-state index is 0.127. The summed E-state index contributed by atoms with van der Waals surface area (Å²) < 4.78 is 8.26. The first-order valence-corrected chi connectivity index (χ1v) is 7.85. The van der Waals surface area contributed by atoms with Crippen molar-refractivity contribution in [1.29, 1.82) is 0 Å². The van der Waals surface area contributed by atoms with Gasteiger partial charge in [0.25, 0.3) is 0 Å². The number of fused-ring (bicyclic) bond motifs is 1. The zero-order valence-corrected chi connectivity index (χ0v) is 13.5. The van der Waals surface area contributed by atoms with Gasteiger partial charge in [0, 0.05) is 0 Å². The zero-order valence-electron chi connectivity index (χ0n) is 13.5. The molecule has 0 spiro atoms. The molecule has 1 atom stereocenters. The van der Waals surface area contributed by atoms with Gasteiger partial charge in [-0.1, -0.05) is 37.1 Å². The smallest absolute Gasteiger partial charge is 0.156 e. The van der Waals surface area contributed by atoms with E-state index in [1.165, 1.54) is 5.56 Å². The SMILES string of the molecule is C#CCn1c([C@H](CC)Oc2cccc(C)c2)nc2ccccc21. The van der Waals surface area contributed by atoms with E-state index in [4.69, 9.17) is 16.1 Å². The van der Waals surface area contributed by atoms with Crippen molar-refractivity contribution >= 4 is 11.0 Å². The standard InChI is InChI=1S/C20H20N2O/c1-4-13-22-18-12-7-6-11-17(18)21-20(22)19(5-2)23-16-10-8-9-15(3)14-16/h1,6-12,14,19H,5,13H2,2-3H3/t19-/m0/s1. The van der Waals surface area contributed by atoms with Crippen LogP contribution in [0.4, 0.5) is 0 Å². The van der Waals surface area contributed by atoms with Gasteiger partial charge in [0.15, 0.2) is 11.9 Å². The summed E-state index contributed by atoms with van der Waals surface area (Å²) in [6, 6.07) is 16.1. The number of aromatic nitrogens is 2. The Morgan fingerprint density at radius 1 is 1.22 bits per heavy atom. The van der Waals surface area contributed by atoms with E-state index in [9.17, 15) is 0 Å². The normalized spacial score (nSPS) is 12.0. The number of benzene rings is 2. The minimum Gasteiger partial charge on any atom is -0.483 e. The molecule has 0 fully saturated rings. The lowest BCUT2D eigenvalue weighted by Crippen LogP contribution is -2.14. The molecule has 0 bridgehead atoms. The Morgan fingerprint density at radius 3 is 2.78 bits per heavy atom. The van der Waals surface area contributed by atoms with E-state index < -0.39 is 0 Å². The Morgan fingerprint density at radius 2 is 2.04 bits per heavy atom. The Balaban J connectivity index is 2.02. The number of nitrogens with zero attached hydrogens (tertiary/aromatic N) is 2. The second-order valence-electron chi connectivity index (χ2n) is 5.58. The average Bonchev–Trinajstić information content (AvgIpc) is 2.92. The van der Waals surface area contributed by atoms with Crippen LogP contribution < -0.4 is 4.74 Å². The Labute approximate surface area is 136 Å². The van der Waals surface area contributed by atoms with Gasteiger partial charge in [0.2, 0.25) is 0 Å². The fourth-order valence-electron chi connectivity index (χ4n) is 2.77. The molecule has 23 heavy (non-hydrogen) atoms. The summed E-state index contributed by atoms with van der Waals surface area (Å²) in [6.07, 6.45) is 6.25. The topological polar surface area (TPSA) is 27.1 Å². The van der Waals surface area contributed by atoms with Crippen LogP contribution in [0.5, 0.6) is 5.75 Å². The van der Waals surface area contributed by atoms with Crippen molar-refractivity contribution < 1.29 is 4.74 Å². The molecule has 0 saturated heterocycles. The van der Waals surface area contributed by atoms with Gasteiger partial charge in [0.05, 0.1) is 17.6 Å². The fourth-order valence-corrected chi connectivity index (χ4v) is 2.77. The van der Waals surface area contributed by atoms with Crippen LogP contribution in [0, 0.1) is 19.3 Å². The van der Waals surface area contributed by atoms with E-state index in [1.807, 2.05) is 42.5 Å². The van der Waals surface area contributed by atoms with Crippen molar-refractivity contribution in [1.82, 2.24) is 9.55 Å². The number of imidazole rings is 1. The highest BCUT2D eigenvalue weighted by Crippen LogP contribution is 2.27. The summed E-state index contributed by atoms with van der Waals surface area (Å²) in [5, 5.41) is 0. The highest BCUT2D eigenvalue weighted by Gasteiger charge is 2.20. The summed E-state index contributed by atoms with van der Waals surface area (Å²) in [4.78, 5) is 4.76. The lowest BCUT2D eigenvalue weighted by Gasteiger charge is -2.18. The molecule has 0 unspecified atom stereocenters. The second kappa shape index (κ2) is 6.58. The molecule has 0 radical (unpaired) electrons. The molecule has 116 valence electrons. The summed E-state index contributed by atoms with van der Waals surface area (Å²) in [6.45, 7) is 4.64. The van der Waals surface area contributed by atoms with E-state index in [0.717, 1.165) is 29.0 Å². The van der Waals surface area contributed by atoms with Crippen molar-refractivity contribution in [3.63, 3.8) is 0 Å². The Bertz CT molecular complexity index is 857. The van der Waals surface area contributed by atoms with Crippen LogP contribution in [0.2, 0.25) is 0 Å². The molecule has 0 aliphatic carbocycles. The van der Waals surface area contributed by atoms with Gasteiger partial charge in [0.1, 0.15) is 5.75 Å². The molecule has 1 aromatic heterocycles.